The predicted octanol–water partition coefficient (Wildman–Crippen LogP) is 4.03. The molecular weight excluding hydrogens is 536 g/mol. The second kappa shape index (κ2) is 13.3. The van der Waals surface area contributed by atoms with E-state index in [4.69, 9.17) is 19.2 Å². The maximum atomic E-state index is 13.0. The first kappa shape index (κ1) is 30.9. The van der Waals surface area contributed by atoms with E-state index in [0.29, 0.717) is 56.9 Å². The van der Waals surface area contributed by atoms with Crippen LogP contribution in [0.1, 0.15) is 50.1 Å². The average molecular weight is 579 g/mol. The fourth-order valence-electron chi connectivity index (χ4n) is 5.22. The monoisotopic (exact) mass is 578 g/mol. The molecule has 0 N–H and O–H groups in total. The van der Waals surface area contributed by atoms with E-state index in [1.807, 2.05) is 77.0 Å². The minimum Gasteiger partial charge on any atom is -0.472 e. The summed E-state index contributed by atoms with van der Waals surface area (Å²) in [4.78, 5) is 37.9. The van der Waals surface area contributed by atoms with Gasteiger partial charge in [-0.3, -0.25) is 0 Å². The number of fused-ring (bicyclic) bond motifs is 1. The highest BCUT2D eigenvalue weighted by Crippen LogP contribution is 2.37. The van der Waals surface area contributed by atoms with Gasteiger partial charge in [0.1, 0.15) is 29.9 Å². The highest BCUT2D eigenvalue weighted by molar-refractivity contribution is 5.73. The van der Waals surface area contributed by atoms with Crippen molar-refractivity contribution in [3.05, 3.63) is 52.7 Å². The lowest BCUT2D eigenvalue weighted by Crippen LogP contribution is -2.50. The van der Waals surface area contributed by atoms with E-state index in [0.717, 1.165) is 16.8 Å². The van der Waals surface area contributed by atoms with E-state index in [-0.39, 0.29) is 31.2 Å². The summed E-state index contributed by atoms with van der Waals surface area (Å²) in [7, 11) is 3.92. The van der Waals surface area contributed by atoms with Crippen molar-refractivity contribution in [2.24, 2.45) is 0 Å². The predicted molar refractivity (Wildman–Crippen MR) is 158 cm³/mol. The van der Waals surface area contributed by atoms with Gasteiger partial charge in [0, 0.05) is 44.8 Å². The fraction of sp³-hybridized carbons (Fsp3) is 0.548. The van der Waals surface area contributed by atoms with E-state index in [9.17, 15) is 14.9 Å². The number of hydrogen-bond acceptors (Lipinski definition) is 9. The van der Waals surface area contributed by atoms with Crippen molar-refractivity contribution in [1.29, 1.82) is 5.26 Å². The zero-order valence-corrected chi connectivity index (χ0v) is 25.6. The SMILES string of the molecule is CC(CN(C)C)Oc1nc2c(c(N3CCN(C(=O)OC(C)(C)C)CC3)c1C#N)CCN(C(=O)OCc1ccccc1)C2. The third-order valence-corrected chi connectivity index (χ3v) is 7.05. The maximum absolute atomic E-state index is 13.0. The Morgan fingerprint density at radius 1 is 1.05 bits per heavy atom. The lowest BCUT2D eigenvalue weighted by molar-refractivity contribution is 0.0240. The molecule has 2 amide bonds. The van der Waals surface area contributed by atoms with Crippen molar-refractivity contribution in [2.75, 3.05) is 58.3 Å². The van der Waals surface area contributed by atoms with Gasteiger partial charge in [-0.15, -0.1) is 0 Å². The number of aromatic nitrogens is 1. The van der Waals surface area contributed by atoms with E-state index in [1.54, 1.807) is 9.80 Å². The number of amides is 2. The van der Waals surface area contributed by atoms with Crippen LogP contribution in [0.3, 0.4) is 0 Å². The van der Waals surface area contributed by atoms with Crippen molar-refractivity contribution in [3.63, 3.8) is 0 Å². The molecule has 1 saturated heterocycles. The van der Waals surface area contributed by atoms with E-state index in [1.165, 1.54) is 0 Å². The van der Waals surface area contributed by atoms with Crippen LogP contribution in [0.25, 0.3) is 0 Å². The van der Waals surface area contributed by atoms with Crippen LogP contribution in [0.4, 0.5) is 15.3 Å². The number of nitriles is 1. The quantitative estimate of drug-likeness (QED) is 0.481. The molecule has 0 bridgehead atoms. The number of hydrogen-bond donors (Lipinski definition) is 0. The molecule has 11 nitrogen and oxygen atoms in total. The molecule has 226 valence electrons. The molecule has 0 aliphatic carbocycles. The van der Waals surface area contributed by atoms with Crippen LogP contribution in [0.15, 0.2) is 30.3 Å². The molecule has 1 aromatic heterocycles. The second-order valence-corrected chi connectivity index (χ2v) is 12.0. The van der Waals surface area contributed by atoms with Crippen LogP contribution < -0.4 is 9.64 Å². The van der Waals surface area contributed by atoms with Gasteiger partial charge in [0.2, 0.25) is 5.88 Å². The third-order valence-electron chi connectivity index (χ3n) is 7.05. The first-order chi connectivity index (χ1) is 19.9. The number of pyridine rings is 1. The molecule has 2 aromatic rings. The maximum Gasteiger partial charge on any atom is 0.410 e. The number of nitrogens with zero attached hydrogens (tertiary/aromatic N) is 6. The third kappa shape index (κ3) is 7.82. The number of carbonyl (C=O) groups excluding carboxylic acids is 2. The Labute approximate surface area is 248 Å². The molecule has 42 heavy (non-hydrogen) atoms. The van der Waals surface area contributed by atoms with Gasteiger partial charge >= 0.3 is 12.2 Å². The van der Waals surface area contributed by atoms with Gasteiger partial charge in [0.05, 0.1) is 17.9 Å². The largest absolute Gasteiger partial charge is 0.472 e. The molecule has 1 aromatic carbocycles. The fourth-order valence-corrected chi connectivity index (χ4v) is 5.22. The molecule has 1 atom stereocenters. The number of carbonyl (C=O) groups is 2. The Morgan fingerprint density at radius 2 is 1.74 bits per heavy atom. The molecule has 3 heterocycles. The van der Waals surface area contributed by atoms with Crippen LogP contribution in [0.2, 0.25) is 0 Å². The number of likely N-dealkylation sites (N-methyl/N-ethyl adjacent to an activating group) is 1. The van der Waals surface area contributed by atoms with E-state index < -0.39 is 11.7 Å². The zero-order chi connectivity index (χ0) is 30.4. The van der Waals surface area contributed by atoms with Gasteiger partial charge in [0.15, 0.2) is 0 Å². The number of benzene rings is 1. The Hall–Kier alpha value is -4.04. The summed E-state index contributed by atoms with van der Waals surface area (Å²) >= 11 is 0. The van der Waals surface area contributed by atoms with Crippen LogP contribution in [-0.2, 0) is 29.0 Å². The molecular formula is C31H42N6O5. The summed E-state index contributed by atoms with van der Waals surface area (Å²) in [5.74, 6) is 0.259. The molecule has 2 aliphatic rings. The van der Waals surface area contributed by atoms with Gasteiger partial charge in [-0.05, 0) is 53.8 Å². The average Bonchev–Trinajstić information content (AvgIpc) is 2.94. The van der Waals surface area contributed by atoms with Crippen molar-refractivity contribution < 1.29 is 23.8 Å². The summed E-state index contributed by atoms with van der Waals surface area (Å²) in [5.41, 5.74) is 3.11. The number of ether oxygens (including phenoxy) is 3. The molecule has 4 rings (SSSR count). The zero-order valence-electron chi connectivity index (χ0n) is 25.6. The Kier molecular flexibility index (Phi) is 9.78. The molecule has 0 spiro atoms. The van der Waals surface area contributed by atoms with Crippen LogP contribution in [0, 0.1) is 11.3 Å². The number of piperazine rings is 1. The molecule has 0 saturated carbocycles. The van der Waals surface area contributed by atoms with Gasteiger partial charge in [-0.25, -0.2) is 14.6 Å². The molecule has 2 aliphatic heterocycles. The van der Waals surface area contributed by atoms with Gasteiger partial charge in [0.25, 0.3) is 0 Å². The normalized spacial score (nSPS) is 16.0. The van der Waals surface area contributed by atoms with Crippen LogP contribution in [0.5, 0.6) is 5.88 Å². The lowest BCUT2D eigenvalue weighted by Gasteiger charge is -2.39. The summed E-state index contributed by atoms with van der Waals surface area (Å²) < 4.78 is 17.4. The van der Waals surface area contributed by atoms with Gasteiger partial charge < -0.3 is 33.8 Å². The Morgan fingerprint density at radius 3 is 2.36 bits per heavy atom. The summed E-state index contributed by atoms with van der Waals surface area (Å²) in [6.45, 7) is 11.0. The van der Waals surface area contributed by atoms with Crippen molar-refractivity contribution in [3.8, 4) is 11.9 Å². The first-order valence-electron chi connectivity index (χ1n) is 14.4. The molecule has 1 fully saturated rings. The van der Waals surface area contributed by atoms with Crippen LogP contribution in [-0.4, -0.2) is 96.9 Å². The minimum absolute atomic E-state index is 0.188. The van der Waals surface area contributed by atoms with Crippen molar-refractivity contribution in [2.45, 2.75) is 59.0 Å². The minimum atomic E-state index is -0.573. The lowest BCUT2D eigenvalue weighted by atomic mass is 9.98. The standard InChI is InChI=1S/C31H42N6O5/c1-22(19-34(5)6)41-28-25(18-32)27(35-14-16-36(17-15-35)30(39)42-31(2,3)4)24-12-13-37(20-26(24)33-28)29(38)40-21-23-10-8-7-9-11-23/h7-11,22H,12-17,19-21H2,1-6H3. The van der Waals surface area contributed by atoms with E-state index >= 15 is 0 Å². The smallest absolute Gasteiger partial charge is 0.410 e. The van der Waals surface area contributed by atoms with Gasteiger partial charge in [-0.2, -0.15) is 5.26 Å². The summed E-state index contributed by atoms with van der Waals surface area (Å²) in [5, 5.41) is 10.3. The molecule has 1 unspecified atom stereocenters. The topological polar surface area (TPSA) is 111 Å². The first-order valence-corrected chi connectivity index (χ1v) is 14.4. The Balaban J connectivity index is 1.59. The van der Waals surface area contributed by atoms with Crippen molar-refractivity contribution in [1.82, 2.24) is 19.7 Å². The Bertz CT molecular complexity index is 1300. The van der Waals surface area contributed by atoms with E-state index in [2.05, 4.69) is 11.0 Å². The summed E-state index contributed by atoms with van der Waals surface area (Å²) in [6, 6.07) is 11.9. The molecule has 0 radical (unpaired) electrons. The van der Waals surface area contributed by atoms with Gasteiger partial charge in [-0.1, -0.05) is 30.3 Å². The second-order valence-electron chi connectivity index (χ2n) is 12.0. The molecule has 11 heteroatoms. The number of anilines is 1. The van der Waals surface area contributed by atoms with Crippen molar-refractivity contribution >= 4 is 17.9 Å². The highest BCUT2D eigenvalue weighted by atomic mass is 16.6. The number of rotatable bonds is 7. The summed E-state index contributed by atoms with van der Waals surface area (Å²) in [6.07, 6.45) is -0.450. The highest BCUT2D eigenvalue weighted by Gasteiger charge is 2.34. The van der Waals surface area contributed by atoms with Crippen LogP contribution >= 0.6 is 0 Å².